The number of nitrogens with zero attached hydrogens (tertiary/aromatic N) is 3. The zero-order chi connectivity index (χ0) is 20.8. The van der Waals surface area contributed by atoms with Crippen LogP contribution in [0, 0.1) is 0 Å². The van der Waals surface area contributed by atoms with E-state index in [0.29, 0.717) is 12.3 Å². The molecular formula is C24H32FN3O2. The number of piperazine rings is 1. The SMILES string of the molecule is O[C@]1(CN2CCN(c3ccccc3)CC2)CCN(Cc2ccc(OCCF)cc2)C1. The van der Waals surface area contributed by atoms with E-state index in [-0.39, 0.29) is 6.61 Å². The molecule has 2 saturated heterocycles. The molecule has 162 valence electrons. The summed E-state index contributed by atoms with van der Waals surface area (Å²) in [6.07, 6.45) is 0.809. The summed E-state index contributed by atoms with van der Waals surface area (Å²) in [5, 5.41) is 11.2. The number of hydrogen-bond acceptors (Lipinski definition) is 5. The zero-order valence-electron chi connectivity index (χ0n) is 17.5. The molecule has 0 amide bonds. The number of β-amino-alcohol motifs (C(OH)–C–C–N with tert-alkyl or cyclic N) is 1. The Morgan fingerprint density at radius 2 is 1.63 bits per heavy atom. The van der Waals surface area contributed by atoms with E-state index < -0.39 is 12.3 Å². The summed E-state index contributed by atoms with van der Waals surface area (Å²) in [6, 6.07) is 18.4. The van der Waals surface area contributed by atoms with Crippen molar-refractivity contribution < 1.29 is 14.2 Å². The molecule has 2 aliphatic rings. The lowest BCUT2D eigenvalue weighted by Crippen LogP contribution is -2.52. The second kappa shape index (κ2) is 9.77. The fourth-order valence-corrected chi connectivity index (χ4v) is 4.53. The topological polar surface area (TPSA) is 39.2 Å². The van der Waals surface area contributed by atoms with E-state index >= 15 is 0 Å². The Hall–Kier alpha value is -2.15. The van der Waals surface area contributed by atoms with Gasteiger partial charge in [-0.25, -0.2) is 4.39 Å². The van der Waals surface area contributed by atoms with Gasteiger partial charge < -0.3 is 14.7 Å². The van der Waals surface area contributed by atoms with Crippen LogP contribution in [0.3, 0.4) is 0 Å². The molecule has 0 spiro atoms. The maximum atomic E-state index is 12.2. The Morgan fingerprint density at radius 1 is 0.900 bits per heavy atom. The molecule has 2 aromatic rings. The van der Waals surface area contributed by atoms with Crippen molar-refractivity contribution >= 4 is 5.69 Å². The quantitative estimate of drug-likeness (QED) is 0.721. The summed E-state index contributed by atoms with van der Waals surface area (Å²) in [7, 11) is 0. The first-order chi connectivity index (χ1) is 14.6. The lowest BCUT2D eigenvalue weighted by atomic mass is 10.0. The van der Waals surface area contributed by atoms with Gasteiger partial charge in [-0.2, -0.15) is 0 Å². The summed E-state index contributed by atoms with van der Waals surface area (Å²) in [5.41, 5.74) is 1.83. The van der Waals surface area contributed by atoms with Crippen molar-refractivity contribution in [3.8, 4) is 5.75 Å². The van der Waals surface area contributed by atoms with Crippen LogP contribution in [0.4, 0.5) is 10.1 Å². The van der Waals surface area contributed by atoms with Crippen molar-refractivity contribution in [1.82, 2.24) is 9.80 Å². The zero-order valence-corrected chi connectivity index (χ0v) is 17.5. The monoisotopic (exact) mass is 413 g/mol. The Kier molecular flexibility index (Phi) is 6.87. The molecule has 1 atom stereocenters. The molecule has 0 aliphatic carbocycles. The van der Waals surface area contributed by atoms with Gasteiger partial charge in [-0.05, 0) is 36.2 Å². The Balaban J connectivity index is 1.23. The number of ether oxygens (including phenoxy) is 1. The first-order valence-corrected chi connectivity index (χ1v) is 10.9. The van der Waals surface area contributed by atoms with Crippen LogP contribution in [0.25, 0.3) is 0 Å². The summed E-state index contributed by atoms with van der Waals surface area (Å²) >= 11 is 0. The normalized spacial score (nSPS) is 23.1. The lowest BCUT2D eigenvalue weighted by Gasteiger charge is -2.39. The molecule has 30 heavy (non-hydrogen) atoms. The number of halogens is 1. The average molecular weight is 414 g/mol. The van der Waals surface area contributed by atoms with Crippen molar-refractivity contribution in [3.05, 3.63) is 60.2 Å². The van der Waals surface area contributed by atoms with Gasteiger partial charge in [-0.15, -0.1) is 0 Å². The largest absolute Gasteiger partial charge is 0.491 e. The number of benzene rings is 2. The predicted octanol–water partition coefficient (Wildman–Crippen LogP) is 2.79. The highest BCUT2D eigenvalue weighted by Crippen LogP contribution is 2.26. The van der Waals surface area contributed by atoms with Gasteiger partial charge in [0.2, 0.25) is 0 Å². The van der Waals surface area contributed by atoms with Crippen molar-refractivity contribution in [2.24, 2.45) is 0 Å². The lowest BCUT2D eigenvalue weighted by molar-refractivity contribution is 0.00978. The molecule has 0 unspecified atom stereocenters. The van der Waals surface area contributed by atoms with Crippen LogP contribution in [0.1, 0.15) is 12.0 Å². The minimum Gasteiger partial charge on any atom is -0.491 e. The summed E-state index contributed by atoms with van der Waals surface area (Å²) in [6.45, 7) is 6.74. The van der Waals surface area contributed by atoms with Crippen molar-refractivity contribution in [3.63, 3.8) is 0 Å². The maximum absolute atomic E-state index is 12.2. The van der Waals surface area contributed by atoms with Crippen LogP contribution < -0.4 is 9.64 Å². The van der Waals surface area contributed by atoms with Crippen LogP contribution in [0.2, 0.25) is 0 Å². The number of anilines is 1. The van der Waals surface area contributed by atoms with E-state index in [2.05, 4.69) is 45.0 Å². The first kappa shape index (κ1) is 21.1. The predicted molar refractivity (Wildman–Crippen MR) is 118 cm³/mol. The summed E-state index contributed by atoms with van der Waals surface area (Å²) < 4.78 is 17.5. The highest BCUT2D eigenvalue weighted by Gasteiger charge is 2.38. The maximum Gasteiger partial charge on any atom is 0.123 e. The van der Waals surface area contributed by atoms with Crippen molar-refractivity contribution in [1.29, 1.82) is 0 Å². The van der Waals surface area contributed by atoms with Crippen molar-refractivity contribution in [2.75, 3.05) is 64.0 Å². The molecule has 1 N–H and O–H groups in total. The third kappa shape index (κ3) is 5.50. The minimum absolute atomic E-state index is 0.0953. The molecule has 0 bridgehead atoms. The number of likely N-dealkylation sites (tertiary alicyclic amines) is 1. The third-order valence-corrected chi connectivity index (χ3v) is 6.10. The molecule has 2 heterocycles. The fourth-order valence-electron chi connectivity index (χ4n) is 4.53. The van der Waals surface area contributed by atoms with Crippen LogP contribution >= 0.6 is 0 Å². The standard InChI is InChI=1S/C24H32FN3O2/c25-11-17-30-23-8-6-21(7-9-23)18-27-12-10-24(29,20-27)19-26-13-15-28(16-14-26)22-4-2-1-3-5-22/h1-9,29H,10-20H2/t24-/m0/s1. The molecule has 6 heteroatoms. The number of para-hydroxylation sites is 1. The molecule has 2 aliphatic heterocycles. The van der Waals surface area contributed by atoms with Crippen LogP contribution in [-0.4, -0.2) is 79.6 Å². The summed E-state index contributed by atoms with van der Waals surface area (Å²) in [4.78, 5) is 7.14. The van der Waals surface area contributed by atoms with Gasteiger partial charge in [0.15, 0.2) is 0 Å². The van der Waals surface area contributed by atoms with Gasteiger partial charge in [-0.1, -0.05) is 30.3 Å². The Labute approximate surface area is 178 Å². The molecule has 2 fully saturated rings. The van der Waals surface area contributed by atoms with Gasteiger partial charge >= 0.3 is 0 Å². The molecular weight excluding hydrogens is 381 g/mol. The molecule has 0 aromatic heterocycles. The Morgan fingerprint density at radius 3 is 2.33 bits per heavy atom. The number of hydrogen-bond donors (Lipinski definition) is 1. The van der Waals surface area contributed by atoms with Gasteiger partial charge in [0.1, 0.15) is 19.0 Å². The first-order valence-electron chi connectivity index (χ1n) is 10.9. The van der Waals surface area contributed by atoms with Gasteiger partial charge in [0, 0.05) is 58.0 Å². The highest BCUT2D eigenvalue weighted by molar-refractivity contribution is 5.46. The number of aliphatic hydroxyl groups is 1. The molecule has 0 saturated carbocycles. The average Bonchev–Trinajstić information content (AvgIpc) is 3.14. The highest BCUT2D eigenvalue weighted by atomic mass is 19.1. The van der Waals surface area contributed by atoms with Crippen LogP contribution in [0.15, 0.2) is 54.6 Å². The van der Waals surface area contributed by atoms with Crippen LogP contribution in [0.5, 0.6) is 5.75 Å². The van der Waals surface area contributed by atoms with Crippen molar-refractivity contribution in [2.45, 2.75) is 18.6 Å². The van der Waals surface area contributed by atoms with E-state index in [4.69, 9.17) is 4.74 Å². The Bertz CT molecular complexity index is 781. The third-order valence-electron chi connectivity index (χ3n) is 6.10. The summed E-state index contributed by atoms with van der Waals surface area (Å²) in [5.74, 6) is 0.698. The van der Waals surface area contributed by atoms with Gasteiger partial charge in [-0.3, -0.25) is 9.80 Å². The smallest absolute Gasteiger partial charge is 0.123 e. The minimum atomic E-state index is -0.640. The molecule has 5 nitrogen and oxygen atoms in total. The van der Waals surface area contributed by atoms with Gasteiger partial charge in [0.05, 0.1) is 5.60 Å². The molecule has 0 radical (unpaired) electrons. The second-order valence-corrected chi connectivity index (χ2v) is 8.47. The van der Waals surface area contributed by atoms with E-state index in [1.54, 1.807) is 0 Å². The van der Waals surface area contributed by atoms with E-state index in [1.165, 1.54) is 11.3 Å². The number of rotatable bonds is 8. The van der Waals surface area contributed by atoms with E-state index in [9.17, 15) is 9.50 Å². The fraction of sp³-hybridized carbons (Fsp3) is 0.500. The van der Waals surface area contributed by atoms with E-state index in [0.717, 1.165) is 52.2 Å². The van der Waals surface area contributed by atoms with Gasteiger partial charge in [0.25, 0.3) is 0 Å². The van der Waals surface area contributed by atoms with Crippen LogP contribution in [-0.2, 0) is 6.54 Å². The molecule has 2 aromatic carbocycles. The van der Waals surface area contributed by atoms with E-state index in [1.807, 2.05) is 24.3 Å². The second-order valence-electron chi connectivity index (χ2n) is 8.47. The molecule has 4 rings (SSSR count). The number of alkyl halides is 1.